The normalized spacial score (nSPS) is 10.4. The second-order valence-corrected chi connectivity index (χ2v) is 5.52. The van der Waals surface area contributed by atoms with Crippen molar-refractivity contribution in [3.63, 3.8) is 0 Å². The third-order valence-electron chi connectivity index (χ3n) is 3.33. The van der Waals surface area contributed by atoms with Gasteiger partial charge in [-0.2, -0.15) is 0 Å². The number of amides is 1. The highest BCUT2D eigenvalue weighted by molar-refractivity contribution is 5.96. The summed E-state index contributed by atoms with van der Waals surface area (Å²) < 4.78 is 5.66. The van der Waals surface area contributed by atoms with Crippen LogP contribution in [-0.2, 0) is 4.79 Å². The van der Waals surface area contributed by atoms with Crippen LogP contribution in [0.1, 0.15) is 20.8 Å². The summed E-state index contributed by atoms with van der Waals surface area (Å²) in [6, 6.07) is 17.4. The van der Waals surface area contributed by atoms with E-state index >= 15 is 0 Å². The molecule has 1 N–H and O–H groups in total. The van der Waals surface area contributed by atoms with Gasteiger partial charge in [0.15, 0.2) is 0 Å². The zero-order valence-electron chi connectivity index (χ0n) is 14.0. The van der Waals surface area contributed by atoms with Gasteiger partial charge in [0, 0.05) is 24.0 Å². The van der Waals surface area contributed by atoms with Crippen LogP contribution in [0.2, 0.25) is 0 Å². The highest BCUT2D eigenvalue weighted by atomic mass is 16.5. The van der Waals surface area contributed by atoms with Crippen LogP contribution in [0.4, 0.5) is 11.4 Å². The van der Waals surface area contributed by atoms with Crippen LogP contribution in [0.5, 0.6) is 5.75 Å². The van der Waals surface area contributed by atoms with E-state index in [9.17, 15) is 4.79 Å². The van der Waals surface area contributed by atoms with Crippen molar-refractivity contribution in [2.45, 2.75) is 26.9 Å². The van der Waals surface area contributed by atoms with E-state index in [2.05, 4.69) is 5.32 Å². The maximum atomic E-state index is 12.4. The van der Waals surface area contributed by atoms with Gasteiger partial charge in [-0.3, -0.25) is 4.79 Å². The second kappa shape index (κ2) is 8.22. The summed E-state index contributed by atoms with van der Waals surface area (Å²) in [5.41, 5.74) is 1.79. The molecule has 0 saturated heterocycles. The molecule has 4 nitrogen and oxygen atoms in total. The predicted octanol–water partition coefficient (Wildman–Crippen LogP) is 3.94. The molecule has 122 valence electrons. The van der Waals surface area contributed by atoms with Crippen LogP contribution < -0.4 is 15.0 Å². The lowest BCUT2D eigenvalue weighted by Crippen LogP contribution is -2.35. The Morgan fingerprint density at radius 1 is 1.13 bits per heavy atom. The van der Waals surface area contributed by atoms with E-state index in [4.69, 9.17) is 4.74 Å². The first-order valence-corrected chi connectivity index (χ1v) is 7.96. The van der Waals surface area contributed by atoms with E-state index in [1.54, 1.807) is 4.90 Å². The van der Waals surface area contributed by atoms with Crippen molar-refractivity contribution in [3.05, 3.63) is 54.6 Å². The Morgan fingerprint density at radius 3 is 2.52 bits per heavy atom. The molecule has 2 aromatic rings. The van der Waals surface area contributed by atoms with Crippen molar-refractivity contribution >= 4 is 17.3 Å². The van der Waals surface area contributed by atoms with Crippen molar-refractivity contribution in [1.82, 2.24) is 0 Å². The minimum Gasteiger partial charge on any atom is -0.491 e. The Hall–Kier alpha value is -2.49. The second-order valence-electron chi connectivity index (χ2n) is 5.52. The van der Waals surface area contributed by atoms with Gasteiger partial charge in [-0.05, 0) is 45.0 Å². The molecule has 2 aromatic carbocycles. The Balaban J connectivity index is 1.98. The number of hydrogen-bond acceptors (Lipinski definition) is 3. The van der Waals surface area contributed by atoms with Crippen molar-refractivity contribution in [3.8, 4) is 5.75 Å². The summed E-state index contributed by atoms with van der Waals surface area (Å²) in [5, 5.41) is 3.17. The molecule has 0 unspecified atom stereocenters. The summed E-state index contributed by atoms with van der Waals surface area (Å²) in [4.78, 5) is 14.2. The molecule has 0 bridgehead atoms. The van der Waals surface area contributed by atoms with Crippen LogP contribution in [-0.4, -0.2) is 25.1 Å². The number of carbonyl (C=O) groups excluding carboxylic acids is 1. The first kappa shape index (κ1) is 16.9. The molecule has 0 aliphatic carbocycles. The first-order chi connectivity index (χ1) is 11.1. The number of likely N-dealkylation sites (N-methyl/N-ethyl adjacent to an activating group) is 1. The highest BCUT2D eigenvalue weighted by Gasteiger charge is 2.13. The Labute approximate surface area is 138 Å². The van der Waals surface area contributed by atoms with E-state index < -0.39 is 0 Å². The van der Waals surface area contributed by atoms with E-state index in [1.165, 1.54) is 0 Å². The number of para-hydroxylation sites is 1. The molecule has 1 amide bonds. The van der Waals surface area contributed by atoms with Crippen LogP contribution in [0.15, 0.2) is 54.6 Å². The largest absolute Gasteiger partial charge is 0.491 e. The number of hydrogen-bond donors (Lipinski definition) is 1. The van der Waals surface area contributed by atoms with Crippen LogP contribution in [0.25, 0.3) is 0 Å². The molecular formula is C19H24N2O2. The number of benzene rings is 2. The third-order valence-corrected chi connectivity index (χ3v) is 3.33. The van der Waals surface area contributed by atoms with Crippen molar-refractivity contribution < 1.29 is 9.53 Å². The molecule has 0 heterocycles. The van der Waals surface area contributed by atoms with Gasteiger partial charge in [-0.1, -0.05) is 24.3 Å². The van der Waals surface area contributed by atoms with Crippen molar-refractivity contribution in [2.75, 3.05) is 23.3 Å². The standard InChI is InChI=1S/C19H24N2O2/c1-4-21(17-10-6-5-7-11-17)19(22)14-20-16-9-8-12-18(13-16)23-15(2)3/h5-13,15,20H,4,14H2,1-3H3. The Kier molecular flexibility index (Phi) is 6.03. The molecule has 0 aliphatic heterocycles. The molecule has 0 fully saturated rings. The average molecular weight is 312 g/mol. The van der Waals surface area contributed by atoms with Crippen molar-refractivity contribution in [1.29, 1.82) is 0 Å². The fraction of sp³-hybridized carbons (Fsp3) is 0.316. The molecule has 0 saturated carbocycles. The van der Waals surface area contributed by atoms with Crippen LogP contribution in [0.3, 0.4) is 0 Å². The minimum absolute atomic E-state index is 0.0360. The zero-order valence-corrected chi connectivity index (χ0v) is 14.0. The number of anilines is 2. The molecular weight excluding hydrogens is 288 g/mol. The lowest BCUT2D eigenvalue weighted by molar-refractivity contribution is -0.116. The van der Waals surface area contributed by atoms with E-state index in [1.807, 2.05) is 75.4 Å². The maximum absolute atomic E-state index is 12.4. The Morgan fingerprint density at radius 2 is 1.87 bits per heavy atom. The van der Waals surface area contributed by atoms with Gasteiger partial charge in [0.25, 0.3) is 0 Å². The number of ether oxygens (including phenoxy) is 1. The summed E-state index contributed by atoms with van der Waals surface area (Å²) in [6.07, 6.45) is 0.126. The zero-order chi connectivity index (χ0) is 16.7. The maximum Gasteiger partial charge on any atom is 0.246 e. The van der Waals surface area contributed by atoms with Crippen molar-refractivity contribution in [2.24, 2.45) is 0 Å². The lowest BCUT2D eigenvalue weighted by atomic mass is 10.2. The quantitative estimate of drug-likeness (QED) is 0.842. The predicted molar refractivity (Wildman–Crippen MR) is 95.2 cm³/mol. The minimum atomic E-state index is 0.0360. The molecule has 0 aliphatic rings. The van der Waals surface area contributed by atoms with E-state index in [0.717, 1.165) is 17.1 Å². The number of nitrogens with zero attached hydrogens (tertiary/aromatic N) is 1. The van der Waals surface area contributed by atoms with Gasteiger partial charge in [-0.15, -0.1) is 0 Å². The smallest absolute Gasteiger partial charge is 0.246 e. The first-order valence-electron chi connectivity index (χ1n) is 7.96. The van der Waals surface area contributed by atoms with Gasteiger partial charge >= 0.3 is 0 Å². The van der Waals surface area contributed by atoms with Crippen LogP contribution >= 0.6 is 0 Å². The molecule has 0 aromatic heterocycles. The SMILES string of the molecule is CCN(C(=O)CNc1cccc(OC(C)C)c1)c1ccccc1. The highest BCUT2D eigenvalue weighted by Crippen LogP contribution is 2.19. The monoisotopic (exact) mass is 312 g/mol. The van der Waals surface area contributed by atoms with Gasteiger partial charge < -0.3 is 15.0 Å². The fourth-order valence-corrected chi connectivity index (χ4v) is 2.34. The summed E-state index contributed by atoms with van der Waals surface area (Å²) in [5.74, 6) is 0.835. The number of rotatable bonds is 7. The fourth-order valence-electron chi connectivity index (χ4n) is 2.34. The topological polar surface area (TPSA) is 41.6 Å². The van der Waals surface area contributed by atoms with Gasteiger partial charge in [0.1, 0.15) is 5.75 Å². The Bertz CT molecular complexity index is 626. The molecule has 23 heavy (non-hydrogen) atoms. The molecule has 4 heteroatoms. The number of carbonyl (C=O) groups is 1. The molecule has 0 radical (unpaired) electrons. The summed E-state index contributed by atoms with van der Waals surface area (Å²) >= 11 is 0. The lowest BCUT2D eigenvalue weighted by Gasteiger charge is -2.21. The van der Waals surface area contributed by atoms with Gasteiger partial charge in [-0.25, -0.2) is 0 Å². The number of nitrogens with one attached hydrogen (secondary N) is 1. The van der Waals surface area contributed by atoms with E-state index in [0.29, 0.717) is 6.54 Å². The van der Waals surface area contributed by atoms with Crippen LogP contribution in [0, 0.1) is 0 Å². The molecule has 0 atom stereocenters. The van der Waals surface area contributed by atoms with Gasteiger partial charge in [0.2, 0.25) is 5.91 Å². The third kappa shape index (κ3) is 5.02. The van der Waals surface area contributed by atoms with Gasteiger partial charge in [0.05, 0.1) is 12.6 Å². The summed E-state index contributed by atoms with van der Waals surface area (Å²) in [6.45, 7) is 6.84. The average Bonchev–Trinajstić information content (AvgIpc) is 2.54. The van der Waals surface area contributed by atoms with E-state index in [-0.39, 0.29) is 18.6 Å². The molecule has 0 spiro atoms. The molecule has 2 rings (SSSR count). The summed E-state index contributed by atoms with van der Waals surface area (Å²) in [7, 11) is 0.